The van der Waals surface area contributed by atoms with Gasteiger partial charge in [-0.15, -0.1) is 0 Å². The predicted octanol–water partition coefficient (Wildman–Crippen LogP) is 0.620. The largest absolute Gasteiger partial charge is 0.353 e. The summed E-state index contributed by atoms with van der Waals surface area (Å²) in [6.45, 7) is 3.15. The number of amides is 1. The number of rotatable bonds is 4. The molecule has 6 heteroatoms. The molecule has 0 radical (unpaired) electrons. The van der Waals surface area contributed by atoms with Crippen molar-refractivity contribution in [1.29, 1.82) is 5.26 Å². The van der Waals surface area contributed by atoms with E-state index in [2.05, 4.69) is 5.32 Å². The summed E-state index contributed by atoms with van der Waals surface area (Å²) in [6.07, 6.45) is 3.14. The van der Waals surface area contributed by atoms with Gasteiger partial charge >= 0.3 is 0 Å². The minimum Gasteiger partial charge on any atom is -0.353 e. The fourth-order valence-electron chi connectivity index (χ4n) is 1.51. The molecular weight excluding hydrogens is 240 g/mol. The minimum absolute atomic E-state index is 0.0358. The first kappa shape index (κ1) is 14.0. The molecular formula is C11H18N2O3S. The number of nitriles is 1. The van der Waals surface area contributed by atoms with Crippen LogP contribution < -0.4 is 5.32 Å². The first-order valence-electron chi connectivity index (χ1n) is 5.54. The second-order valence-electron chi connectivity index (χ2n) is 5.26. The van der Waals surface area contributed by atoms with Crippen LogP contribution in [0.1, 0.15) is 33.1 Å². The summed E-state index contributed by atoms with van der Waals surface area (Å²) in [4.78, 5) is 11.8. The summed E-state index contributed by atoms with van der Waals surface area (Å²) < 4.78 is 21.9. The minimum atomic E-state index is -3.24. The van der Waals surface area contributed by atoms with Crippen LogP contribution in [0.2, 0.25) is 0 Å². The molecule has 0 saturated heterocycles. The molecule has 1 amide bonds. The zero-order valence-electron chi connectivity index (χ0n) is 10.4. The van der Waals surface area contributed by atoms with Crippen LogP contribution in [-0.4, -0.2) is 31.9 Å². The quantitative estimate of drug-likeness (QED) is 0.800. The lowest BCUT2D eigenvalue weighted by Gasteiger charge is -2.34. The van der Waals surface area contributed by atoms with Gasteiger partial charge in [-0.3, -0.25) is 4.79 Å². The normalized spacial score (nSPS) is 18.9. The van der Waals surface area contributed by atoms with Crippen LogP contribution in [0.15, 0.2) is 0 Å². The Labute approximate surface area is 102 Å². The van der Waals surface area contributed by atoms with Gasteiger partial charge < -0.3 is 5.32 Å². The van der Waals surface area contributed by atoms with Crippen LogP contribution in [0.25, 0.3) is 0 Å². The van der Waals surface area contributed by atoms with Crippen molar-refractivity contribution in [2.45, 2.75) is 37.9 Å². The summed E-state index contributed by atoms with van der Waals surface area (Å²) in [5, 5.41) is 11.5. The van der Waals surface area contributed by atoms with Crippen molar-refractivity contribution in [3.8, 4) is 6.07 Å². The van der Waals surface area contributed by atoms with E-state index in [-0.39, 0.29) is 12.5 Å². The van der Waals surface area contributed by atoms with Gasteiger partial charge in [0.25, 0.3) is 0 Å². The van der Waals surface area contributed by atoms with E-state index in [4.69, 9.17) is 5.26 Å². The molecule has 1 N–H and O–H groups in total. The maximum Gasteiger partial charge on any atom is 0.240 e. The summed E-state index contributed by atoms with van der Waals surface area (Å²) in [5.74, 6) is -0.344. The molecule has 0 atom stereocenters. The Hall–Kier alpha value is -1.09. The topological polar surface area (TPSA) is 87.0 Å². The molecule has 1 aliphatic rings. The summed E-state index contributed by atoms with van der Waals surface area (Å²) in [7, 11) is -3.24. The maximum absolute atomic E-state index is 11.8. The molecule has 0 aliphatic heterocycles. The average molecular weight is 258 g/mol. The molecule has 0 aromatic heterocycles. The fraction of sp³-hybridized carbons (Fsp3) is 0.818. The maximum atomic E-state index is 11.8. The van der Waals surface area contributed by atoms with E-state index in [1.807, 2.05) is 6.07 Å². The Balaban J connectivity index is 2.64. The SMILES string of the molecule is CC(C)(CNC(=O)C1(C#N)CCC1)S(C)(=O)=O. The van der Waals surface area contributed by atoms with Crippen LogP contribution >= 0.6 is 0 Å². The Morgan fingerprint density at radius 2 is 2.00 bits per heavy atom. The molecule has 0 bridgehead atoms. The molecule has 1 saturated carbocycles. The molecule has 0 aromatic carbocycles. The van der Waals surface area contributed by atoms with Crippen molar-refractivity contribution in [3.05, 3.63) is 0 Å². The molecule has 1 fully saturated rings. The third-order valence-electron chi connectivity index (χ3n) is 3.53. The smallest absolute Gasteiger partial charge is 0.240 e. The Kier molecular flexibility index (Phi) is 3.53. The third kappa shape index (κ3) is 2.60. The number of nitrogens with one attached hydrogen (secondary N) is 1. The Morgan fingerprint density at radius 1 is 1.47 bits per heavy atom. The molecule has 5 nitrogen and oxygen atoms in total. The van der Waals surface area contributed by atoms with Gasteiger partial charge in [-0.25, -0.2) is 8.42 Å². The van der Waals surface area contributed by atoms with Gasteiger partial charge in [0, 0.05) is 12.8 Å². The number of hydrogen-bond donors (Lipinski definition) is 1. The van der Waals surface area contributed by atoms with Gasteiger partial charge in [0.05, 0.1) is 10.8 Å². The van der Waals surface area contributed by atoms with E-state index in [0.717, 1.165) is 12.7 Å². The summed E-state index contributed by atoms with van der Waals surface area (Å²) >= 11 is 0. The lowest BCUT2D eigenvalue weighted by Crippen LogP contribution is -2.50. The van der Waals surface area contributed by atoms with Crippen LogP contribution in [0, 0.1) is 16.7 Å². The van der Waals surface area contributed by atoms with Gasteiger partial charge in [0.2, 0.25) is 5.91 Å². The molecule has 0 heterocycles. The van der Waals surface area contributed by atoms with Crippen LogP contribution in [-0.2, 0) is 14.6 Å². The van der Waals surface area contributed by atoms with Crippen LogP contribution in [0.3, 0.4) is 0 Å². The number of carbonyl (C=O) groups is 1. The monoisotopic (exact) mass is 258 g/mol. The Morgan fingerprint density at radius 3 is 2.29 bits per heavy atom. The van der Waals surface area contributed by atoms with E-state index in [9.17, 15) is 13.2 Å². The van der Waals surface area contributed by atoms with Crippen molar-refractivity contribution < 1.29 is 13.2 Å². The Bertz CT molecular complexity index is 456. The molecule has 0 spiro atoms. The molecule has 96 valence electrons. The summed E-state index contributed by atoms with van der Waals surface area (Å²) in [6, 6.07) is 2.03. The van der Waals surface area contributed by atoms with E-state index < -0.39 is 20.0 Å². The van der Waals surface area contributed by atoms with E-state index in [1.54, 1.807) is 13.8 Å². The fourth-order valence-corrected chi connectivity index (χ4v) is 1.85. The van der Waals surface area contributed by atoms with E-state index >= 15 is 0 Å². The zero-order chi connectivity index (χ0) is 13.3. The second-order valence-corrected chi connectivity index (χ2v) is 7.91. The standard InChI is InChI=1S/C11H18N2O3S/c1-10(2,17(3,15)16)8-13-9(14)11(7-12)5-4-6-11/h4-6,8H2,1-3H3,(H,13,14). The van der Waals surface area contributed by atoms with Crippen molar-refractivity contribution in [2.24, 2.45) is 5.41 Å². The number of hydrogen-bond acceptors (Lipinski definition) is 4. The van der Waals surface area contributed by atoms with Crippen molar-refractivity contribution in [3.63, 3.8) is 0 Å². The van der Waals surface area contributed by atoms with Gasteiger partial charge in [-0.1, -0.05) is 0 Å². The van der Waals surface area contributed by atoms with Gasteiger partial charge in [0.1, 0.15) is 5.41 Å². The molecule has 1 aliphatic carbocycles. The second kappa shape index (κ2) is 4.30. The van der Waals surface area contributed by atoms with Crippen molar-refractivity contribution in [1.82, 2.24) is 5.32 Å². The highest BCUT2D eigenvalue weighted by molar-refractivity contribution is 7.92. The first-order chi connectivity index (χ1) is 7.65. The van der Waals surface area contributed by atoms with Crippen LogP contribution in [0.4, 0.5) is 0 Å². The molecule has 0 aromatic rings. The average Bonchev–Trinajstić information content (AvgIpc) is 2.12. The highest BCUT2D eigenvalue weighted by atomic mass is 32.2. The van der Waals surface area contributed by atoms with Gasteiger partial charge in [-0.05, 0) is 33.1 Å². The summed E-state index contributed by atoms with van der Waals surface area (Å²) in [5.41, 5.74) is -0.923. The first-order valence-corrected chi connectivity index (χ1v) is 7.43. The molecule has 17 heavy (non-hydrogen) atoms. The van der Waals surface area contributed by atoms with E-state index in [0.29, 0.717) is 12.8 Å². The number of sulfone groups is 1. The number of nitrogens with zero attached hydrogens (tertiary/aromatic N) is 1. The lowest BCUT2D eigenvalue weighted by molar-refractivity contribution is -0.131. The molecule has 1 rings (SSSR count). The molecule has 0 unspecified atom stereocenters. The number of carbonyl (C=O) groups excluding carboxylic acids is 1. The van der Waals surface area contributed by atoms with Crippen LogP contribution in [0.5, 0.6) is 0 Å². The van der Waals surface area contributed by atoms with Gasteiger partial charge in [0.15, 0.2) is 9.84 Å². The predicted molar refractivity (Wildman–Crippen MR) is 63.8 cm³/mol. The van der Waals surface area contributed by atoms with Gasteiger partial charge in [-0.2, -0.15) is 5.26 Å². The zero-order valence-corrected chi connectivity index (χ0v) is 11.2. The highest BCUT2D eigenvalue weighted by Gasteiger charge is 2.45. The third-order valence-corrected chi connectivity index (χ3v) is 5.69. The lowest BCUT2D eigenvalue weighted by atomic mass is 9.69. The highest BCUT2D eigenvalue weighted by Crippen LogP contribution is 2.40. The van der Waals surface area contributed by atoms with Crippen molar-refractivity contribution in [2.75, 3.05) is 12.8 Å². The van der Waals surface area contributed by atoms with E-state index in [1.165, 1.54) is 0 Å². The van der Waals surface area contributed by atoms with Crippen molar-refractivity contribution >= 4 is 15.7 Å².